The molecule has 0 unspecified atom stereocenters. The van der Waals surface area contributed by atoms with Gasteiger partial charge in [0, 0.05) is 19.8 Å². The maximum atomic E-state index is 13.0. The molecule has 0 aromatic heterocycles. The van der Waals surface area contributed by atoms with Crippen molar-refractivity contribution in [2.24, 2.45) is 5.73 Å². The summed E-state index contributed by atoms with van der Waals surface area (Å²) in [4.78, 5) is 0. The first-order valence-electron chi connectivity index (χ1n) is 4.93. The number of hydrogen-bond acceptors (Lipinski definition) is 3. The summed E-state index contributed by atoms with van der Waals surface area (Å²) in [6, 6.07) is 4.66. The molecule has 0 radical (unpaired) electrons. The van der Waals surface area contributed by atoms with Crippen LogP contribution in [-0.2, 0) is 17.9 Å². The minimum absolute atomic E-state index is 0.108. The summed E-state index contributed by atoms with van der Waals surface area (Å²) in [5.41, 5.74) is 6.96. The van der Waals surface area contributed by atoms with Gasteiger partial charge in [-0.1, -0.05) is 6.07 Å². The minimum atomic E-state index is -0.293. The van der Waals surface area contributed by atoms with Crippen molar-refractivity contribution in [3.05, 3.63) is 35.1 Å². The molecule has 0 atom stereocenters. The van der Waals surface area contributed by atoms with Gasteiger partial charge < -0.3 is 15.6 Å². The molecule has 84 valence electrons. The monoisotopic (exact) mass is 213 g/mol. The Hall–Kier alpha value is -0.970. The molecule has 1 aromatic carbocycles. The van der Waals surface area contributed by atoms with Crippen LogP contribution in [0.25, 0.3) is 0 Å². The second-order valence-electron chi connectivity index (χ2n) is 3.30. The lowest BCUT2D eigenvalue weighted by Gasteiger charge is -2.05. The zero-order valence-corrected chi connectivity index (χ0v) is 8.58. The standard InChI is InChI=1S/C11H16FNO2/c12-11-5-9(7-13)4-10(6-11)8-15-3-1-2-14/h4-6,14H,1-3,7-8,13H2. The van der Waals surface area contributed by atoms with Gasteiger partial charge in [0.15, 0.2) is 0 Å². The third-order valence-corrected chi connectivity index (χ3v) is 1.97. The van der Waals surface area contributed by atoms with Crippen LogP contribution >= 0.6 is 0 Å². The number of nitrogens with two attached hydrogens (primary N) is 1. The van der Waals surface area contributed by atoms with Crippen molar-refractivity contribution >= 4 is 0 Å². The van der Waals surface area contributed by atoms with Crippen molar-refractivity contribution in [3.63, 3.8) is 0 Å². The Morgan fingerprint density at radius 1 is 1.27 bits per heavy atom. The number of rotatable bonds is 6. The van der Waals surface area contributed by atoms with Crippen LogP contribution in [0.15, 0.2) is 18.2 Å². The summed E-state index contributed by atoms with van der Waals surface area (Å²) in [6.07, 6.45) is 0.596. The van der Waals surface area contributed by atoms with E-state index in [0.717, 1.165) is 11.1 Å². The molecule has 15 heavy (non-hydrogen) atoms. The van der Waals surface area contributed by atoms with E-state index in [2.05, 4.69) is 0 Å². The highest BCUT2D eigenvalue weighted by Gasteiger charge is 2.00. The molecule has 0 saturated carbocycles. The van der Waals surface area contributed by atoms with Gasteiger partial charge >= 0.3 is 0 Å². The lowest BCUT2D eigenvalue weighted by molar-refractivity contribution is 0.104. The van der Waals surface area contributed by atoms with Crippen molar-refractivity contribution in [1.29, 1.82) is 0 Å². The van der Waals surface area contributed by atoms with Crippen molar-refractivity contribution in [1.82, 2.24) is 0 Å². The van der Waals surface area contributed by atoms with E-state index in [1.807, 2.05) is 6.07 Å². The third-order valence-electron chi connectivity index (χ3n) is 1.97. The van der Waals surface area contributed by atoms with Crippen molar-refractivity contribution in [2.45, 2.75) is 19.6 Å². The van der Waals surface area contributed by atoms with Gasteiger partial charge in [-0.05, 0) is 29.7 Å². The average Bonchev–Trinajstić information content (AvgIpc) is 2.23. The summed E-state index contributed by atoms with van der Waals surface area (Å²) in [5, 5.41) is 8.53. The second-order valence-corrected chi connectivity index (χ2v) is 3.30. The van der Waals surface area contributed by atoms with Crippen LogP contribution in [-0.4, -0.2) is 18.3 Å². The molecule has 0 bridgehead atoms. The molecule has 0 heterocycles. The lowest BCUT2D eigenvalue weighted by atomic mass is 10.1. The summed E-state index contributed by atoms with van der Waals surface area (Å²) >= 11 is 0. The van der Waals surface area contributed by atoms with Gasteiger partial charge in [0.2, 0.25) is 0 Å². The van der Waals surface area contributed by atoms with E-state index in [1.165, 1.54) is 12.1 Å². The van der Waals surface area contributed by atoms with Crippen LogP contribution in [0.4, 0.5) is 4.39 Å². The number of benzene rings is 1. The Morgan fingerprint density at radius 2 is 2.00 bits per heavy atom. The first-order valence-corrected chi connectivity index (χ1v) is 4.93. The Kier molecular flexibility index (Phi) is 5.25. The van der Waals surface area contributed by atoms with Crippen LogP contribution in [0, 0.1) is 5.82 Å². The normalized spacial score (nSPS) is 10.6. The van der Waals surface area contributed by atoms with Gasteiger partial charge in [0.05, 0.1) is 6.61 Å². The molecule has 0 spiro atoms. The highest BCUT2D eigenvalue weighted by Crippen LogP contribution is 2.10. The van der Waals surface area contributed by atoms with Crippen LogP contribution in [0.2, 0.25) is 0 Å². The zero-order chi connectivity index (χ0) is 11.1. The predicted molar refractivity (Wildman–Crippen MR) is 55.7 cm³/mol. The fourth-order valence-corrected chi connectivity index (χ4v) is 1.28. The Balaban J connectivity index is 2.49. The van der Waals surface area contributed by atoms with E-state index in [-0.39, 0.29) is 12.4 Å². The fraction of sp³-hybridized carbons (Fsp3) is 0.455. The predicted octanol–water partition coefficient (Wildman–Crippen LogP) is 1.18. The second kappa shape index (κ2) is 6.50. The summed E-state index contributed by atoms with van der Waals surface area (Å²) in [7, 11) is 0. The molecule has 1 aromatic rings. The lowest BCUT2D eigenvalue weighted by Crippen LogP contribution is -2.01. The SMILES string of the molecule is NCc1cc(F)cc(COCCCO)c1. The molecule has 3 nitrogen and oxygen atoms in total. The summed E-state index contributed by atoms with van der Waals surface area (Å²) in [5.74, 6) is -0.293. The topological polar surface area (TPSA) is 55.5 Å². The number of hydrogen-bond donors (Lipinski definition) is 2. The molecule has 1 rings (SSSR count). The van der Waals surface area contributed by atoms with Crippen LogP contribution in [0.5, 0.6) is 0 Å². The van der Waals surface area contributed by atoms with E-state index in [9.17, 15) is 4.39 Å². The van der Waals surface area contributed by atoms with E-state index in [4.69, 9.17) is 15.6 Å². The first-order chi connectivity index (χ1) is 7.26. The molecule has 0 amide bonds. The largest absolute Gasteiger partial charge is 0.396 e. The van der Waals surface area contributed by atoms with Crippen molar-refractivity contribution < 1.29 is 14.2 Å². The molecule has 0 aliphatic rings. The molecule has 0 saturated heterocycles. The van der Waals surface area contributed by atoms with Crippen LogP contribution in [0.3, 0.4) is 0 Å². The number of aliphatic hydroxyl groups excluding tert-OH is 1. The van der Waals surface area contributed by atoms with Crippen molar-refractivity contribution in [3.8, 4) is 0 Å². The number of halogens is 1. The van der Waals surface area contributed by atoms with Gasteiger partial charge in [-0.25, -0.2) is 4.39 Å². The third kappa shape index (κ3) is 4.38. The maximum Gasteiger partial charge on any atom is 0.123 e. The Labute approximate surface area is 88.7 Å². The summed E-state index contributed by atoms with van der Waals surface area (Å²) < 4.78 is 18.3. The average molecular weight is 213 g/mol. The fourth-order valence-electron chi connectivity index (χ4n) is 1.28. The number of aliphatic hydroxyl groups is 1. The highest BCUT2D eigenvalue weighted by atomic mass is 19.1. The molecule has 4 heteroatoms. The Bertz CT molecular complexity index is 305. The van der Waals surface area contributed by atoms with Crippen LogP contribution in [0.1, 0.15) is 17.5 Å². The van der Waals surface area contributed by atoms with Crippen LogP contribution < -0.4 is 5.73 Å². The molecular weight excluding hydrogens is 197 g/mol. The van der Waals surface area contributed by atoms with E-state index >= 15 is 0 Å². The summed E-state index contributed by atoms with van der Waals surface area (Å²) in [6.45, 7) is 1.26. The van der Waals surface area contributed by atoms with Gasteiger partial charge in [0.1, 0.15) is 5.82 Å². The minimum Gasteiger partial charge on any atom is -0.396 e. The van der Waals surface area contributed by atoms with E-state index < -0.39 is 0 Å². The van der Waals surface area contributed by atoms with Gasteiger partial charge in [-0.2, -0.15) is 0 Å². The molecule has 0 aliphatic heterocycles. The van der Waals surface area contributed by atoms with Gasteiger partial charge in [-0.3, -0.25) is 0 Å². The highest BCUT2D eigenvalue weighted by molar-refractivity contribution is 5.24. The van der Waals surface area contributed by atoms with E-state index in [1.54, 1.807) is 0 Å². The molecule has 0 aliphatic carbocycles. The van der Waals surface area contributed by atoms with E-state index in [0.29, 0.717) is 26.2 Å². The van der Waals surface area contributed by atoms with Crippen molar-refractivity contribution in [2.75, 3.05) is 13.2 Å². The maximum absolute atomic E-state index is 13.0. The smallest absolute Gasteiger partial charge is 0.123 e. The quantitative estimate of drug-likeness (QED) is 0.698. The van der Waals surface area contributed by atoms with Gasteiger partial charge in [0.25, 0.3) is 0 Å². The molecule has 0 fully saturated rings. The molecular formula is C11H16FNO2. The van der Waals surface area contributed by atoms with Gasteiger partial charge in [-0.15, -0.1) is 0 Å². The molecule has 3 N–H and O–H groups in total. The zero-order valence-electron chi connectivity index (χ0n) is 8.58. The Morgan fingerprint density at radius 3 is 2.67 bits per heavy atom. The first kappa shape index (κ1) is 12.1. The number of ether oxygens (including phenoxy) is 1.